The second kappa shape index (κ2) is 4.98. The van der Waals surface area contributed by atoms with Crippen molar-refractivity contribution in [3.05, 3.63) is 46.3 Å². The Morgan fingerprint density at radius 2 is 1.90 bits per heavy atom. The van der Waals surface area contributed by atoms with Crippen molar-refractivity contribution in [2.45, 2.75) is 4.90 Å². The molecule has 1 N–H and O–H groups in total. The van der Waals surface area contributed by atoms with Crippen molar-refractivity contribution in [2.75, 3.05) is 6.26 Å². The van der Waals surface area contributed by atoms with Gasteiger partial charge in [0.15, 0.2) is 9.84 Å². The average Bonchev–Trinajstić information content (AvgIpc) is 2.83. The average molecular weight is 311 g/mol. The van der Waals surface area contributed by atoms with Crippen molar-refractivity contribution >= 4 is 21.5 Å². The summed E-state index contributed by atoms with van der Waals surface area (Å²) in [5.74, 6) is -1.52. The van der Waals surface area contributed by atoms with Gasteiger partial charge >= 0.3 is 11.7 Å². The Hall–Kier alpha value is -2.75. The number of carboxylic acid groups (broad SMARTS) is 1. The molecule has 110 valence electrons. The molecule has 0 saturated heterocycles. The third-order valence-electron chi connectivity index (χ3n) is 2.62. The molecule has 10 heteroatoms. The van der Waals surface area contributed by atoms with E-state index in [0.717, 1.165) is 17.1 Å². The predicted octanol–water partition coefficient (Wildman–Crippen LogP) is 0.882. The summed E-state index contributed by atoms with van der Waals surface area (Å²) in [6, 6.07) is 5.36. The Bertz CT molecular complexity index is 791. The van der Waals surface area contributed by atoms with Gasteiger partial charge in [0.25, 0.3) is 0 Å². The van der Waals surface area contributed by atoms with E-state index in [9.17, 15) is 23.3 Å². The number of aromatic carboxylic acids is 1. The van der Waals surface area contributed by atoms with Crippen molar-refractivity contribution in [1.29, 1.82) is 0 Å². The largest absolute Gasteiger partial charge is 0.476 e. The van der Waals surface area contributed by atoms with Gasteiger partial charge < -0.3 is 5.11 Å². The summed E-state index contributed by atoms with van der Waals surface area (Å²) in [5.41, 5.74) is -1.03. The van der Waals surface area contributed by atoms with Crippen molar-refractivity contribution in [3.63, 3.8) is 0 Å². The van der Waals surface area contributed by atoms with Crippen LogP contribution in [0, 0.1) is 10.1 Å². The molecule has 0 radical (unpaired) electrons. The first-order chi connectivity index (χ1) is 9.70. The fraction of sp³-hybridized carbons (Fsp3) is 0.0909. The third kappa shape index (κ3) is 2.89. The third-order valence-corrected chi connectivity index (χ3v) is 3.75. The first-order valence-electron chi connectivity index (χ1n) is 5.48. The van der Waals surface area contributed by atoms with Crippen LogP contribution < -0.4 is 0 Å². The molecule has 0 spiro atoms. The molecule has 1 aromatic carbocycles. The van der Waals surface area contributed by atoms with Gasteiger partial charge in [-0.1, -0.05) is 0 Å². The predicted molar refractivity (Wildman–Crippen MR) is 70.3 cm³/mol. The Morgan fingerprint density at radius 1 is 1.33 bits per heavy atom. The van der Waals surface area contributed by atoms with E-state index < -0.39 is 32.1 Å². The lowest BCUT2D eigenvalue weighted by molar-refractivity contribution is -0.385. The number of carbonyl (C=O) groups is 1. The van der Waals surface area contributed by atoms with Gasteiger partial charge in [0.2, 0.25) is 5.69 Å². The smallest absolute Gasteiger partial charge is 0.363 e. The highest BCUT2D eigenvalue weighted by molar-refractivity contribution is 7.90. The molecule has 0 fully saturated rings. The molecule has 9 nitrogen and oxygen atoms in total. The summed E-state index contributed by atoms with van der Waals surface area (Å²) < 4.78 is 23.7. The molecule has 21 heavy (non-hydrogen) atoms. The maximum Gasteiger partial charge on any atom is 0.363 e. The molecule has 0 amide bonds. The van der Waals surface area contributed by atoms with Crippen LogP contribution in [0.25, 0.3) is 5.69 Å². The van der Waals surface area contributed by atoms with Crippen molar-refractivity contribution in [3.8, 4) is 5.69 Å². The van der Waals surface area contributed by atoms with Gasteiger partial charge in [-0.25, -0.2) is 17.9 Å². The number of carboxylic acids is 1. The maximum atomic E-state index is 11.3. The fourth-order valence-corrected chi connectivity index (χ4v) is 2.26. The van der Waals surface area contributed by atoms with Crippen molar-refractivity contribution in [1.82, 2.24) is 9.78 Å². The second-order valence-electron chi connectivity index (χ2n) is 4.14. The van der Waals surface area contributed by atoms with E-state index in [1.54, 1.807) is 0 Å². The molecular weight excluding hydrogens is 302 g/mol. The molecule has 1 aromatic heterocycles. The Labute approximate surface area is 118 Å². The monoisotopic (exact) mass is 311 g/mol. The van der Waals surface area contributed by atoms with E-state index in [0.29, 0.717) is 5.69 Å². The molecule has 0 aliphatic heterocycles. The van der Waals surface area contributed by atoms with Crippen LogP contribution in [0.2, 0.25) is 0 Å². The van der Waals surface area contributed by atoms with Crippen LogP contribution in [0.3, 0.4) is 0 Å². The van der Waals surface area contributed by atoms with Gasteiger partial charge in [0, 0.05) is 6.26 Å². The first-order valence-corrected chi connectivity index (χ1v) is 7.37. The van der Waals surface area contributed by atoms with Gasteiger partial charge in [-0.15, -0.1) is 0 Å². The van der Waals surface area contributed by atoms with E-state index in [-0.39, 0.29) is 4.90 Å². The molecule has 0 aliphatic rings. The molecule has 2 rings (SSSR count). The van der Waals surface area contributed by atoms with Crippen LogP contribution in [0.4, 0.5) is 5.69 Å². The van der Waals surface area contributed by atoms with Gasteiger partial charge in [0.05, 0.1) is 15.5 Å². The van der Waals surface area contributed by atoms with Crippen LogP contribution >= 0.6 is 0 Å². The van der Waals surface area contributed by atoms with Crippen LogP contribution in [0.1, 0.15) is 10.5 Å². The maximum absolute atomic E-state index is 11.3. The van der Waals surface area contributed by atoms with Crippen molar-refractivity contribution < 1.29 is 23.2 Å². The summed E-state index contributed by atoms with van der Waals surface area (Å²) in [6.07, 6.45) is 2.00. The highest BCUT2D eigenvalue weighted by Gasteiger charge is 2.25. The van der Waals surface area contributed by atoms with Crippen molar-refractivity contribution in [2.24, 2.45) is 0 Å². The van der Waals surface area contributed by atoms with E-state index in [2.05, 4.69) is 5.10 Å². The Balaban J connectivity index is 2.50. The quantitative estimate of drug-likeness (QED) is 0.654. The summed E-state index contributed by atoms with van der Waals surface area (Å²) in [6.45, 7) is 0. The highest BCUT2D eigenvalue weighted by Crippen LogP contribution is 2.20. The van der Waals surface area contributed by atoms with E-state index in [1.807, 2.05) is 0 Å². The first kappa shape index (κ1) is 14.7. The SMILES string of the molecule is CS(=O)(=O)c1ccc(-n2cc([N+](=O)[O-])c(C(=O)O)n2)cc1. The van der Waals surface area contributed by atoms with Crippen LogP contribution in [-0.4, -0.2) is 40.5 Å². The minimum Gasteiger partial charge on any atom is -0.476 e. The lowest BCUT2D eigenvalue weighted by atomic mass is 10.3. The number of sulfone groups is 1. The standard InChI is InChI=1S/C11H9N3O6S/c1-21(19,20)8-4-2-7(3-5-8)13-6-9(14(17)18)10(12-13)11(15)16/h2-6H,1H3,(H,15,16). The number of hydrogen-bond acceptors (Lipinski definition) is 6. The zero-order valence-corrected chi connectivity index (χ0v) is 11.4. The number of nitrogens with zero attached hydrogens (tertiary/aromatic N) is 3. The van der Waals surface area contributed by atoms with Crippen LogP contribution in [-0.2, 0) is 9.84 Å². The van der Waals surface area contributed by atoms with Gasteiger partial charge in [0.1, 0.15) is 6.20 Å². The number of rotatable bonds is 4. The number of hydrogen-bond donors (Lipinski definition) is 1. The zero-order chi connectivity index (χ0) is 15.8. The van der Waals surface area contributed by atoms with Gasteiger partial charge in [-0.05, 0) is 24.3 Å². The molecular formula is C11H9N3O6S. The topological polar surface area (TPSA) is 132 Å². The Morgan fingerprint density at radius 3 is 2.29 bits per heavy atom. The molecule has 0 unspecified atom stereocenters. The van der Waals surface area contributed by atoms with Crippen LogP contribution in [0.5, 0.6) is 0 Å². The molecule has 0 aliphatic carbocycles. The normalized spacial score (nSPS) is 11.3. The Kier molecular flexibility index (Phi) is 3.47. The number of aromatic nitrogens is 2. The lowest BCUT2D eigenvalue weighted by Crippen LogP contribution is -2.03. The summed E-state index contributed by atoms with van der Waals surface area (Å²) in [5, 5.41) is 23.3. The second-order valence-corrected chi connectivity index (χ2v) is 6.15. The molecule has 1 heterocycles. The van der Waals surface area contributed by atoms with Gasteiger partial charge in [-0.3, -0.25) is 10.1 Å². The van der Waals surface area contributed by atoms with Gasteiger partial charge in [-0.2, -0.15) is 5.10 Å². The summed E-state index contributed by atoms with van der Waals surface area (Å²) >= 11 is 0. The fourth-order valence-electron chi connectivity index (χ4n) is 1.63. The highest BCUT2D eigenvalue weighted by atomic mass is 32.2. The van der Waals surface area contributed by atoms with E-state index in [1.165, 1.54) is 24.3 Å². The lowest BCUT2D eigenvalue weighted by Gasteiger charge is -2.02. The summed E-state index contributed by atoms with van der Waals surface area (Å²) in [7, 11) is -3.36. The zero-order valence-electron chi connectivity index (χ0n) is 10.6. The van der Waals surface area contributed by atoms with E-state index in [4.69, 9.17) is 5.11 Å². The molecule has 0 atom stereocenters. The number of benzene rings is 1. The molecule has 0 saturated carbocycles. The molecule has 0 bridgehead atoms. The minimum atomic E-state index is -3.36. The minimum absolute atomic E-state index is 0.0753. The molecule has 2 aromatic rings. The van der Waals surface area contributed by atoms with E-state index >= 15 is 0 Å². The van der Waals surface area contributed by atoms with Crippen LogP contribution in [0.15, 0.2) is 35.4 Å². The summed E-state index contributed by atoms with van der Waals surface area (Å²) in [4.78, 5) is 20.9. The number of nitro groups is 1.